The molecular weight excluding hydrogens is 483 g/mol. The molecule has 1 heterocycles. The first kappa shape index (κ1) is 25.5. The van der Waals surface area contributed by atoms with Crippen molar-refractivity contribution in [3.63, 3.8) is 0 Å². The number of ether oxygens (including phenoxy) is 2. The number of methoxy groups -OCH3 is 1. The van der Waals surface area contributed by atoms with Crippen molar-refractivity contribution in [1.29, 1.82) is 0 Å². The molecule has 3 aromatic rings. The van der Waals surface area contributed by atoms with Crippen molar-refractivity contribution in [1.82, 2.24) is 5.32 Å². The van der Waals surface area contributed by atoms with Gasteiger partial charge in [-0.2, -0.15) is 0 Å². The highest BCUT2D eigenvalue weighted by molar-refractivity contribution is 7.92. The molecule has 0 fully saturated rings. The Morgan fingerprint density at radius 3 is 2.42 bits per heavy atom. The number of anilines is 1. The molecule has 7 nitrogen and oxygen atoms in total. The van der Waals surface area contributed by atoms with Gasteiger partial charge in [-0.3, -0.25) is 9.10 Å². The normalized spacial score (nSPS) is 16.4. The summed E-state index contributed by atoms with van der Waals surface area (Å²) < 4.78 is 53.0. The van der Waals surface area contributed by atoms with E-state index in [1.807, 2.05) is 26.8 Å². The van der Waals surface area contributed by atoms with Crippen molar-refractivity contribution < 1.29 is 27.1 Å². The highest BCUT2D eigenvalue weighted by Crippen LogP contribution is 2.41. The number of nitrogens with zero attached hydrogens (tertiary/aromatic N) is 1. The smallest absolute Gasteiger partial charge is 0.264 e. The van der Waals surface area contributed by atoms with Gasteiger partial charge >= 0.3 is 0 Å². The second kappa shape index (κ2) is 9.81. The van der Waals surface area contributed by atoms with Crippen LogP contribution in [-0.4, -0.2) is 33.6 Å². The molecule has 9 heteroatoms. The van der Waals surface area contributed by atoms with Crippen LogP contribution in [0.2, 0.25) is 0 Å². The highest BCUT2D eigenvalue weighted by atomic mass is 32.2. The summed E-state index contributed by atoms with van der Waals surface area (Å²) in [6.07, 6.45) is 0.485. The van der Waals surface area contributed by atoms with Crippen molar-refractivity contribution in [2.75, 3.05) is 18.0 Å². The fourth-order valence-corrected chi connectivity index (χ4v) is 5.64. The van der Waals surface area contributed by atoms with Gasteiger partial charge in [-0.1, -0.05) is 17.7 Å². The third-order valence-corrected chi connectivity index (χ3v) is 7.81. The minimum atomic E-state index is -4.10. The maximum absolute atomic E-state index is 13.6. The zero-order valence-electron chi connectivity index (χ0n) is 20.6. The summed E-state index contributed by atoms with van der Waals surface area (Å²) in [6, 6.07) is 16.3. The van der Waals surface area contributed by atoms with E-state index in [0.29, 0.717) is 17.9 Å². The van der Waals surface area contributed by atoms with Gasteiger partial charge in [-0.25, -0.2) is 12.8 Å². The Labute approximate surface area is 210 Å². The summed E-state index contributed by atoms with van der Waals surface area (Å²) in [5.74, 6) is 0.216. The summed E-state index contributed by atoms with van der Waals surface area (Å²) in [5.41, 5.74) is 1.29. The van der Waals surface area contributed by atoms with Crippen LogP contribution in [0.5, 0.6) is 11.5 Å². The molecule has 0 saturated heterocycles. The van der Waals surface area contributed by atoms with Crippen LogP contribution in [0.25, 0.3) is 0 Å². The number of amides is 1. The zero-order valence-corrected chi connectivity index (χ0v) is 21.4. The average Bonchev–Trinajstić information content (AvgIpc) is 2.82. The maximum atomic E-state index is 13.6. The third-order valence-electron chi connectivity index (χ3n) is 6.02. The number of benzene rings is 3. The minimum absolute atomic E-state index is 0.0369. The van der Waals surface area contributed by atoms with Crippen molar-refractivity contribution in [2.45, 2.75) is 43.7 Å². The van der Waals surface area contributed by atoms with Crippen LogP contribution in [0.3, 0.4) is 0 Å². The number of carbonyl (C=O) groups excluding carboxylic acids is 1. The second-order valence-electron chi connectivity index (χ2n) is 9.39. The number of hydrogen-bond acceptors (Lipinski definition) is 5. The van der Waals surface area contributed by atoms with Gasteiger partial charge in [0.05, 0.1) is 23.7 Å². The Morgan fingerprint density at radius 1 is 1.11 bits per heavy atom. The summed E-state index contributed by atoms with van der Waals surface area (Å²) in [7, 11) is -2.54. The standard InChI is InChI=1S/C27H29FN2O5S/c1-18-5-12-22(13-6-18)36(32,33)30(20-9-7-19(28)8-10-20)17-26(31)29-24-16-27(2,3)35-25-15-21(34-4)11-14-23(24)25/h5-15,24H,16-17H2,1-4H3,(H,29,31). The average molecular weight is 513 g/mol. The second-order valence-corrected chi connectivity index (χ2v) is 11.3. The highest BCUT2D eigenvalue weighted by Gasteiger charge is 2.36. The molecule has 1 aliphatic heterocycles. The van der Waals surface area contributed by atoms with Gasteiger partial charge < -0.3 is 14.8 Å². The first-order valence-electron chi connectivity index (χ1n) is 11.5. The van der Waals surface area contributed by atoms with Crippen LogP contribution in [0, 0.1) is 12.7 Å². The van der Waals surface area contributed by atoms with E-state index in [9.17, 15) is 17.6 Å². The molecule has 3 aromatic carbocycles. The number of rotatable bonds is 7. The first-order valence-corrected chi connectivity index (χ1v) is 12.9. The van der Waals surface area contributed by atoms with E-state index >= 15 is 0 Å². The molecule has 0 radical (unpaired) electrons. The molecular formula is C27H29FN2O5S. The lowest BCUT2D eigenvalue weighted by molar-refractivity contribution is -0.120. The van der Waals surface area contributed by atoms with Gasteiger partial charge in [0.2, 0.25) is 5.91 Å². The van der Waals surface area contributed by atoms with Gasteiger partial charge in [0.1, 0.15) is 29.5 Å². The maximum Gasteiger partial charge on any atom is 0.264 e. The summed E-state index contributed by atoms with van der Waals surface area (Å²) in [4.78, 5) is 13.3. The monoisotopic (exact) mass is 512 g/mol. The van der Waals surface area contributed by atoms with E-state index in [1.165, 1.54) is 24.3 Å². The lowest BCUT2D eigenvalue weighted by atomic mass is 9.89. The van der Waals surface area contributed by atoms with Crippen LogP contribution >= 0.6 is 0 Å². The minimum Gasteiger partial charge on any atom is -0.497 e. The van der Waals surface area contributed by atoms with Gasteiger partial charge in [-0.15, -0.1) is 0 Å². The van der Waals surface area contributed by atoms with Gasteiger partial charge in [0.15, 0.2) is 0 Å². The van der Waals surface area contributed by atoms with E-state index in [4.69, 9.17) is 9.47 Å². The van der Waals surface area contributed by atoms with E-state index in [-0.39, 0.29) is 10.6 Å². The molecule has 1 amide bonds. The molecule has 1 unspecified atom stereocenters. The topological polar surface area (TPSA) is 84.9 Å². The lowest BCUT2D eigenvalue weighted by Crippen LogP contribution is -2.45. The molecule has 1 atom stereocenters. The molecule has 0 saturated carbocycles. The molecule has 1 N–H and O–H groups in total. The number of sulfonamides is 1. The molecule has 0 spiro atoms. The number of aryl methyl sites for hydroxylation is 1. The molecule has 0 bridgehead atoms. The zero-order chi connectivity index (χ0) is 26.1. The Morgan fingerprint density at radius 2 is 1.78 bits per heavy atom. The van der Waals surface area contributed by atoms with Gasteiger partial charge in [0, 0.05) is 18.1 Å². The van der Waals surface area contributed by atoms with Crippen LogP contribution in [-0.2, 0) is 14.8 Å². The van der Waals surface area contributed by atoms with Crippen molar-refractivity contribution in [2.24, 2.45) is 0 Å². The number of fused-ring (bicyclic) bond motifs is 1. The third kappa shape index (κ3) is 5.46. The van der Waals surface area contributed by atoms with E-state index < -0.39 is 39.9 Å². The fraction of sp³-hybridized carbons (Fsp3) is 0.296. The van der Waals surface area contributed by atoms with Gasteiger partial charge in [0.25, 0.3) is 10.0 Å². The van der Waals surface area contributed by atoms with Crippen molar-refractivity contribution in [3.05, 3.63) is 83.7 Å². The number of hydrogen-bond donors (Lipinski definition) is 1. The molecule has 4 rings (SSSR count). The number of halogens is 1. The molecule has 0 aliphatic carbocycles. The molecule has 1 aliphatic rings. The van der Waals surface area contributed by atoms with Crippen LogP contribution < -0.4 is 19.1 Å². The Balaban J connectivity index is 1.64. The van der Waals surface area contributed by atoms with Crippen molar-refractivity contribution >= 4 is 21.6 Å². The van der Waals surface area contributed by atoms with Crippen LogP contribution in [0.1, 0.15) is 37.4 Å². The van der Waals surface area contributed by atoms with Crippen molar-refractivity contribution in [3.8, 4) is 11.5 Å². The van der Waals surface area contributed by atoms with Crippen LogP contribution in [0.15, 0.2) is 71.6 Å². The lowest BCUT2D eigenvalue weighted by Gasteiger charge is -2.38. The van der Waals surface area contributed by atoms with Gasteiger partial charge in [-0.05, 0) is 69.3 Å². The predicted molar refractivity (Wildman–Crippen MR) is 135 cm³/mol. The largest absolute Gasteiger partial charge is 0.497 e. The number of carbonyl (C=O) groups is 1. The number of nitrogens with one attached hydrogen (secondary N) is 1. The first-order chi connectivity index (χ1) is 17.0. The quantitative estimate of drug-likeness (QED) is 0.494. The summed E-state index contributed by atoms with van der Waals surface area (Å²) in [6.45, 7) is 5.21. The van der Waals surface area contributed by atoms with E-state index in [1.54, 1.807) is 31.4 Å². The summed E-state index contributed by atoms with van der Waals surface area (Å²) in [5, 5.41) is 2.97. The summed E-state index contributed by atoms with van der Waals surface area (Å²) >= 11 is 0. The Hall–Kier alpha value is -3.59. The SMILES string of the molecule is COc1ccc2c(c1)OC(C)(C)CC2NC(=O)CN(c1ccc(F)cc1)S(=O)(=O)c1ccc(C)cc1. The van der Waals surface area contributed by atoms with E-state index in [0.717, 1.165) is 27.6 Å². The molecule has 190 valence electrons. The van der Waals surface area contributed by atoms with Crippen LogP contribution in [0.4, 0.5) is 10.1 Å². The molecule has 36 heavy (non-hydrogen) atoms. The predicted octanol–water partition coefficient (Wildman–Crippen LogP) is 4.76. The van der Waals surface area contributed by atoms with E-state index in [2.05, 4.69) is 5.32 Å². The Bertz CT molecular complexity index is 1360. The Kier molecular flexibility index (Phi) is 6.95. The fourth-order valence-electron chi connectivity index (χ4n) is 4.22. The molecule has 0 aromatic heterocycles.